The minimum absolute atomic E-state index is 1.13. The average molecular weight is 296 g/mol. The highest BCUT2D eigenvalue weighted by atomic mass is 14.1. The van der Waals surface area contributed by atoms with Crippen LogP contribution < -0.4 is 0 Å². The maximum absolute atomic E-state index is 3.70. The van der Waals surface area contributed by atoms with Gasteiger partial charge in [-0.2, -0.15) is 0 Å². The third kappa shape index (κ3) is 6.93. The van der Waals surface area contributed by atoms with Crippen LogP contribution in [0.5, 0.6) is 0 Å². The summed E-state index contributed by atoms with van der Waals surface area (Å²) in [5.41, 5.74) is 5.95. The SMILES string of the molecule is C=C/C=C/CCCc1cc(C)c(CCC/C=C/CC)cc1C. The van der Waals surface area contributed by atoms with Gasteiger partial charge in [-0.25, -0.2) is 0 Å². The molecule has 0 amide bonds. The number of hydrogen-bond donors (Lipinski definition) is 0. The van der Waals surface area contributed by atoms with Gasteiger partial charge in [0.15, 0.2) is 0 Å². The molecule has 0 aliphatic heterocycles. The van der Waals surface area contributed by atoms with Crippen LogP contribution in [-0.2, 0) is 12.8 Å². The lowest BCUT2D eigenvalue weighted by Crippen LogP contribution is -1.97. The highest BCUT2D eigenvalue weighted by molar-refractivity contribution is 5.37. The lowest BCUT2D eigenvalue weighted by atomic mass is 9.94. The van der Waals surface area contributed by atoms with E-state index in [2.05, 4.69) is 57.7 Å². The number of hydrogen-bond acceptors (Lipinski definition) is 0. The van der Waals surface area contributed by atoms with E-state index in [4.69, 9.17) is 0 Å². The van der Waals surface area contributed by atoms with Crippen molar-refractivity contribution in [1.82, 2.24) is 0 Å². The van der Waals surface area contributed by atoms with E-state index in [-0.39, 0.29) is 0 Å². The second-order valence-electron chi connectivity index (χ2n) is 6.03. The summed E-state index contributed by atoms with van der Waals surface area (Å²) in [6.45, 7) is 10.4. The molecule has 0 atom stereocenters. The van der Waals surface area contributed by atoms with Crippen molar-refractivity contribution in [3.63, 3.8) is 0 Å². The van der Waals surface area contributed by atoms with Crippen molar-refractivity contribution in [2.24, 2.45) is 0 Å². The first kappa shape index (κ1) is 18.5. The molecule has 0 radical (unpaired) electrons. The van der Waals surface area contributed by atoms with Gasteiger partial charge in [0, 0.05) is 0 Å². The van der Waals surface area contributed by atoms with E-state index >= 15 is 0 Å². The minimum atomic E-state index is 1.13. The van der Waals surface area contributed by atoms with E-state index in [0.29, 0.717) is 0 Å². The molecule has 1 rings (SSSR count). The van der Waals surface area contributed by atoms with Crippen molar-refractivity contribution < 1.29 is 0 Å². The van der Waals surface area contributed by atoms with Crippen molar-refractivity contribution in [3.05, 3.63) is 71.3 Å². The maximum atomic E-state index is 3.70. The fourth-order valence-corrected chi connectivity index (χ4v) is 2.77. The third-order valence-electron chi connectivity index (χ3n) is 4.10. The fourth-order valence-electron chi connectivity index (χ4n) is 2.77. The molecule has 0 aromatic heterocycles. The van der Waals surface area contributed by atoms with Crippen molar-refractivity contribution in [2.75, 3.05) is 0 Å². The van der Waals surface area contributed by atoms with Crippen LogP contribution in [0, 0.1) is 13.8 Å². The van der Waals surface area contributed by atoms with E-state index in [9.17, 15) is 0 Å². The number of rotatable bonds is 10. The second kappa shape index (κ2) is 11.1. The minimum Gasteiger partial charge on any atom is -0.0991 e. The monoisotopic (exact) mass is 296 g/mol. The molecular weight excluding hydrogens is 264 g/mol. The van der Waals surface area contributed by atoms with E-state index < -0.39 is 0 Å². The molecule has 0 N–H and O–H groups in total. The van der Waals surface area contributed by atoms with Crippen molar-refractivity contribution in [1.29, 1.82) is 0 Å². The maximum Gasteiger partial charge on any atom is -0.0273 e. The van der Waals surface area contributed by atoms with E-state index in [0.717, 1.165) is 12.8 Å². The zero-order valence-corrected chi connectivity index (χ0v) is 14.7. The van der Waals surface area contributed by atoms with Gasteiger partial charge in [0.1, 0.15) is 0 Å². The summed E-state index contributed by atoms with van der Waals surface area (Å²) in [4.78, 5) is 0. The fraction of sp³-hybridized carbons (Fsp3) is 0.455. The van der Waals surface area contributed by atoms with Gasteiger partial charge in [0.05, 0.1) is 0 Å². The lowest BCUT2D eigenvalue weighted by Gasteiger charge is -2.12. The Balaban J connectivity index is 2.53. The van der Waals surface area contributed by atoms with Crippen molar-refractivity contribution in [3.8, 4) is 0 Å². The standard InChI is InChI=1S/C22H32/c1-5-7-9-11-13-15-21-17-20(4)22(18-19(21)3)16-14-12-10-8-6-2/h5,7-10,17-18H,1,6,11-16H2,2-4H3/b9-7+,10-8+. The molecule has 0 aliphatic carbocycles. The normalized spacial score (nSPS) is 11.6. The van der Waals surface area contributed by atoms with Crippen molar-refractivity contribution >= 4 is 0 Å². The van der Waals surface area contributed by atoms with E-state index in [1.165, 1.54) is 54.4 Å². The van der Waals surface area contributed by atoms with Crippen LogP contribution in [-0.4, -0.2) is 0 Å². The summed E-state index contributed by atoms with van der Waals surface area (Å²) in [6.07, 6.45) is 19.0. The summed E-state index contributed by atoms with van der Waals surface area (Å²) >= 11 is 0. The van der Waals surface area contributed by atoms with Gasteiger partial charge < -0.3 is 0 Å². The molecule has 0 bridgehead atoms. The van der Waals surface area contributed by atoms with Crippen LogP contribution >= 0.6 is 0 Å². The Hall–Kier alpha value is -1.56. The van der Waals surface area contributed by atoms with Crippen LogP contribution in [0.15, 0.2) is 49.1 Å². The van der Waals surface area contributed by atoms with Gasteiger partial charge >= 0.3 is 0 Å². The second-order valence-corrected chi connectivity index (χ2v) is 6.03. The quantitative estimate of drug-likeness (QED) is 0.257. The molecule has 0 saturated heterocycles. The molecule has 120 valence electrons. The Kier molecular flexibility index (Phi) is 9.30. The van der Waals surface area contributed by atoms with Gasteiger partial charge in [-0.3, -0.25) is 0 Å². The Morgan fingerprint density at radius 2 is 1.41 bits per heavy atom. The van der Waals surface area contributed by atoms with Crippen LogP contribution in [0.4, 0.5) is 0 Å². The number of unbranched alkanes of at least 4 members (excludes halogenated alkanes) is 2. The largest absolute Gasteiger partial charge is 0.0991 e. The molecule has 0 aliphatic rings. The highest BCUT2D eigenvalue weighted by Gasteiger charge is 2.04. The van der Waals surface area contributed by atoms with Crippen LogP contribution in [0.25, 0.3) is 0 Å². The Morgan fingerprint density at radius 3 is 1.91 bits per heavy atom. The molecule has 0 spiro atoms. The summed E-state index contributed by atoms with van der Waals surface area (Å²) in [6, 6.07) is 4.82. The Labute approximate surface area is 137 Å². The first-order valence-electron chi connectivity index (χ1n) is 8.70. The van der Waals surface area contributed by atoms with Gasteiger partial charge in [-0.1, -0.05) is 56.0 Å². The summed E-state index contributed by atoms with van der Waals surface area (Å²) < 4.78 is 0. The molecule has 0 heterocycles. The van der Waals surface area contributed by atoms with Gasteiger partial charge in [0.25, 0.3) is 0 Å². The molecule has 0 fully saturated rings. The first-order valence-corrected chi connectivity index (χ1v) is 8.70. The molecule has 22 heavy (non-hydrogen) atoms. The van der Waals surface area contributed by atoms with E-state index in [1.807, 2.05) is 12.2 Å². The topological polar surface area (TPSA) is 0 Å². The zero-order valence-electron chi connectivity index (χ0n) is 14.7. The highest BCUT2D eigenvalue weighted by Crippen LogP contribution is 2.20. The molecule has 1 aromatic rings. The van der Waals surface area contributed by atoms with Crippen molar-refractivity contribution in [2.45, 2.75) is 65.7 Å². The predicted octanol–water partition coefficient (Wildman–Crippen LogP) is 6.66. The van der Waals surface area contributed by atoms with Gasteiger partial charge in [-0.05, 0) is 81.0 Å². The summed E-state index contributed by atoms with van der Waals surface area (Å²) in [7, 11) is 0. The molecule has 1 aromatic carbocycles. The van der Waals surface area contributed by atoms with Crippen LogP contribution in [0.3, 0.4) is 0 Å². The Morgan fingerprint density at radius 1 is 0.864 bits per heavy atom. The predicted molar refractivity (Wildman–Crippen MR) is 101 cm³/mol. The smallest absolute Gasteiger partial charge is 0.0273 e. The third-order valence-corrected chi connectivity index (χ3v) is 4.10. The number of benzene rings is 1. The van der Waals surface area contributed by atoms with Gasteiger partial charge in [0.2, 0.25) is 0 Å². The molecule has 0 heteroatoms. The molecular formula is C22H32. The van der Waals surface area contributed by atoms with Crippen LogP contribution in [0.2, 0.25) is 0 Å². The summed E-state index contributed by atoms with van der Waals surface area (Å²) in [5, 5.41) is 0. The zero-order chi connectivity index (χ0) is 16.2. The molecule has 0 saturated carbocycles. The van der Waals surface area contributed by atoms with Crippen LogP contribution in [0.1, 0.15) is 61.3 Å². The Bertz CT molecular complexity index is 503. The van der Waals surface area contributed by atoms with Gasteiger partial charge in [-0.15, -0.1) is 0 Å². The van der Waals surface area contributed by atoms with E-state index in [1.54, 1.807) is 0 Å². The summed E-state index contributed by atoms with van der Waals surface area (Å²) in [5.74, 6) is 0. The average Bonchev–Trinajstić information content (AvgIpc) is 2.51. The number of aryl methyl sites for hydroxylation is 4. The molecule has 0 nitrogen and oxygen atoms in total. The first-order chi connectivity index (χ1) is 10.7. The molecule has 0 unspecified atom stereocenters. The number of allylic oxidation sites excluding steroid dienone is 5. The lowest BCUT2D eigenvalue weighted by molar-refractivity contribution is 0.819.